The smallest absolute Gasteiger partial charge is 0.265 e. The Morgan fingerprint density at radius 1 is 1.03 bits per heavy atom. The average molecular weight is 475 g/mol. The molecular formula is C23H23ClN2O3S2. The minimum absolute atomic E-state index is 0.0561. The third kappa shape index (κ3) is 4.84. The number of benzene rings is 3. The first kappa shape index (κ1) is 22.0. The van der Waals surface area contributed by atoms with Crippen molar-refractivity contribution in [2.24, 2.45) is 0 Å². The Hall–Kier alpha value is -2.22. The second kappa shape index (κ2) is 9.51. The molecule has 0 aliphatic carbocycles. The number of halogens is 1. The molecule has 31 heavy (non-hydrogen) atoms. The van der Waals surface area contributed by atoms with E-state index in [1.807, 2.05) is 48.5 Å². The molecule has 0 unspecified atom stereocenters. The standard InChI is InChI=1S/C23H23ClN2O3S2/c24-19-11-9-17(10-12-19)16-30-15-13-25-22(27)8-3-14-26-20-6-1-4-18-5-2-7-21(23(18)20)31(26,28)29/h1-2,4-7,9-12H,3,8,13-16H2,(H,25,27). The van der Waals surface area contributed by atoms with Crippen LogP contribution in [0, 0.1) is 0 Å². The second-order valence-electron chi connectivity index (χ2n) is 7.34. The zero-order valence-electron chi connectivity index (χ0n) is 16.9. The lowest BCUT2D eigenvalue weighted by atomic mass is 10.1. The molecular weight excluding hydrogens is 452 g/mol. The van der Waals surface area contributed by atoms with Crippen molar-refractivity contribution >= 4 is 55.8 Å². The number of carbonyl (C=O) groups is 1. The fourth-order valence-electron chi connectivity index (χ4n) is 3.70. The van der Waals surface area contributed by atoms with Crippen LogP contribution in [-0.2, 0) is 20.6 Å². The summed E-state index contributed by atoms with van der Waals surface area (Å²) in [4.78, 5) is 12.5. The van der Waals surface area contributed by atoms with Crippen molar-refractivity contribution < 1.29 is 13.2 Å². The number of anilines is 1. The van der Waals surface area contributed by atoms with Gasteiger partial charge < -0.3 is 5.32 Å². The van der Waals surface area contributed by atoms with Crippen LogP contribution in [0.1, 0.15) is 18.4 Å². The van der Waals surface area contributed by atoms with Gasteiger partial charge in [0.2, 0.25) is 5.91 Å². The molecule has 0 saturated heterocycles. The van der Waals surface area contributed by atoms with E-state index in [4.69, 9.17) is 11.6 Å². The number of hydrogen-bond acceptors (Lipinski definition) is 4. The van der Waals surface area contributed by atoms with Crippen LogP contribution in [0.2, 0.25) is 5.02 Å². The number of nitrogens with zero attached hydrogens (tertiary/aromatic N) is 1. The topological polar surface area (TPSA) is 66.5 Å². The molecule has 4 rings (SSSR count). The van der Waals surface area contributed by atoms with Crippen LogP contribution in [0.3, 0.4) is 0 Å². The van der Waals surface area contributed by atoms with E-state index in [9.17, 15) is 13.2 Å². The highest BCUT2D eigenvalue weighted by atomic mass is 35.5. The highest BCUT2D eigenvalue weighted by Crippen LogP contribution is 2.41. The molecule has 1 heterocycles. The van der Waals surface area contributed by atoms with E-state index in [0.717, 1.165) is 27.3 Å². The maximum absolute atomic E-state index is 12.9. The van der Waals surface area contributed by atoms with E-state index in [1.54, 1.807) is 23.9 Å². The first-order valence-electron chi connectivity index (χ1n) is 10.1. The molecule has 0 saturated carbocycles. The van der Waals surface area contributed by atoms with Crippen LogP contribution in [0.15, 0.2) is 65.6 Å². The summed E-state index contributed by atoms with van der Waals surface area (Å²) in [6.07, 6.45) is 0.757. The normalized spacial score (nSPS) is 14.2. The molecule has 0 radical (unpaired) electrons. The molecule has 0 bridgehead atoms. The molecule has 1 amide bonds. The Labute approximate surface area is 191 Å². The highest BCUT2D eigenvalue weighted by molar-refractivity contribution is 7.98. The van der Waals surface area contributed by atoms with Gasteiger partial charge in [0.1, 0.15) is 0 Å². The van der Waals surface area contributed by atoms with Crippen molar-refractivity contribution in [3.63, 3.8) is 0 Å². The van der Waals surface area contributed by atoms with Crippen molar-refractivity contribution in [3.05, 3.63) is 71.2 Å². The van der Waals surface area contributed by atoms with Crippen LogP contribution in [0.4, 0.5) is 5.69 Å². The lowest BCUT2D eigenvalue weighted by Crippen LogP contribution is -2.30. The number of hydrogen-bond donors (Lipinski definition) is 1. The van der Waals surface area contributed by atoms with Gasteiger partial charge in [-0.25, -0.2) is 8.42 Å². The van der Waals surface area contributed by atoms with Crippen LogP contribution >= 0.6 is 23.4 Å². The van der Waals surface area contributed by atoms with Gasteiger partial charge in [0.25, 0.3) is 10.0 Å². The summed E-state index contributed by atoms with van der Waals surface area (Å²) < 4.78 is 27.3. The van der Waals surface area contributed by atoms with Crippen molar-refractivity contribution in [1.29, 1.82) is 0 Å². The Morgan fingerprint density at radius 3 is 2.55 bits per heavy atom. The van der Waals surface area contributed by atoms with E-state index in [0.29, 0.717) is 30.0 Å². The van der Waals surface area contributed by atoms with Crippen molar-refractivity contribution in [3.8, 4) is 0 Å². The van der Waals surface area contributed by atoms with E-state index in [1.165, 1.54) is 9.87 Å². The molecule has 0 atom stereocenters. The molecule has 3 aromatic rings. The molecule has 0 aromatic heterocycles. The average Bonchev–Trinajstić information content (AvgIpc) is 2.98. The summed E-state index contributed by atoms with van der Waals surface area (Å²) in [5, 5.41) is 5.32. The second-order valence-corrected chi connectivity index (χ2v) is 10.7. The summed E-state index contributed by atoms with van der Waals surface area (Å²) >= 11 is 7.62. The van der Waals surface area contributed by atoms with Gasteiger partial charge in [-0.3, -0.25) is 9.10 Å². The summed E-state index contributed by atoms with van der Waals surface area (Å²) in [6, 6.07) is 18.7. The lowest BCUT2D eigenvalue weighted by Gasteiger charge is -2.18. The molecule has 162 valence electrons. The molecule has 3 aromatic carbocycles. The van der Waals surface area contributed by atoms with Gasteiger partial charge in [0.05, 0.1) is 10.6 Å². The number of amides is 1. The van der Waals surface area contributed by atoms with Gasteiger partial charge in [-0.1, -0.05) is 48.0 Å². The molecule has 5 nitrogen and oxygen atoms in total. The van der Waals surface area contributed by atoms with Gasteiger partial charge in [0.15, 0.2) is 0 Å². The predicted octanol–water partition coefficient (Wildman–Crippen LogP) is 4.83. The van der Waals surface area contributed by atoms with Gasteiger partial charge >= 0.3 is 0 Å². The van der Waals surface area contributed by atoms with Crippen LogP contribution < -0.4 is 9.62 Å². The molecule has 0 spiro atoms. The number of sulfonamides is 1. The van der Waals surface area contributed by atoms with Gasteiger partial charge in [-0.15, -0.1) is 0 Å². The maximum atomic E-state index is 12.9. The van der Waals surface area contributed by atoms with Crippen LogP contribution in [0.5, 0.6) is 0 Å². The van der Waals surface area contributed by atoms with E-state index >= 15 is 0 Å². The van der Waals surface area contributed by atoms with E-state index < -0.39 is 10.0 Å². The van der Waals surface area contributed by atoms with Gasteiger partial charge in [-0.05, 0) is 41.6 Å². The SMILES string of the molecule is O=C(CCCN1c2cccc3cccc(c23)S1(=O)=O)NCCSCc1ccc(Cl)cc1. The van der Waals surface area contributed by atoms with Gasteiger partial charge in [-0.2, -0.15) is 11.8 Å². The van der Waals surface area contributed by atoms with Crippen molar-refractivity contribution in [2.75, 3.05) is 23.1 Å². The zero-order valence-corrected chi connectivity index (χ0v) is 19.3. The summed E-state index contributed by atoms with van der Waals surface area (Å²) in [6.45, 7) is 0.874. The molecule has 0 fully saturated rings. The number of rotatable bonds is 9. The highest BCUT2D eigenvalue weighted by Gasteiger charge is 2.34. The maximum Gasteiger partial charge on any atom is 0.265 e. The first-order valence-corrected chi connectivity index (χ1v) is 13.1. The lowest BCUT2D eigenvalue weighted by molar-refractivity contribution is -0.121. The van der Waals surface area contributed by atoms with Crippen LogP contribution in [0.25, 0.3) is 10.8 Å². The summed E-state index contributed by atoms with van der Waals surface area (Å²) in [5.41, 5.74) is 1.90. The Morgan fingerprint density at radius 2 is 1.77 bits per heavy atom. The zero-order chi connectivity index (χ0) is 21.8. The summed E-state index contributed by atoms with van der Waals surface area (Å²) in [7, 11) is -3.56. The molecule has 1 aliphatic rings. The van der Waals surface area contributed by atoms with Crippen LogP contribution in [-0.4, -0.2) is 33.2 Å². The van der Waals surface area contributed by atoms with E-state index in [2.05, 4.69) is 5.32 Å². The fraction of sp³-hybridized carbons (Fsp3) is 0.261. The predicted molar refractivity (Wildman–Crippen MR) is 128 cm³/mol. The quantitative estimate of drug-likeness (QED) is 0.451. The van der Waals surface area contributed by atoms with Crippen molar-refractivity contribution in [1.82, 2.24) is 5.32 Å². The Balaban J connectivity index is 1.22. The minimum atomic E-state index is -3.56. The monoisotopic (exact) mass is 474 g/mol. The van der Waals surface area contributed by atoms with Crippen molar-refractivity contribution in [2.45, 2.75) is 23.5 Å². The van der Waals surface area contributed by atoms with Gasteiger partial charge in [0, 0.05) is 41.4 Å². The first-order chi connectivity index (χ1) is 15.0. The molecule has 1 aliphatic heterocycles. The number of nitrogens with one attached hydrogen (secondary N) is 1. The summed E-state index contributed by atoms with van der Waals surface area (Å²) in [5.74, 6) is 1.62. The third-order valence-electron chi connectivity index (χ3n) is 5.20. The minimum Gasteiger partial charge on any atom is -0.355 e. The van der Waals surface area contributed by atoms with E-state index in [-0.39, 0.29) is 12.5 Å². The largest absolute Gasteiger partial charge is 0.355 e. The molecule has 1 N–H and O–H groups in total. The number of carbonyl (C=O) groups excluding carboxylic acids is 1. The Bertz CT molecular complexity index is 1190. The molecule has 8 heteroatoms. The number of thioether (sulfide) groups is 1. The fourth-order valence-corrected chi connectivity index (χ4v) is 6.40. The third-order valence-corrected chi connectivity index (χ3v) is 8.33. The Kier molecular flexibility index (Phi) is 6.74.